The molecule has 0 radical (unpaired) electrons. The van der Waals surface area contributed by atoms with Crippen LogP contribution in [-0.2, 0) is 6.42 Å². The Morgan fingerprint density at radius 1 is 1.10 bits per heavy atom. The molecule has 0 aliphatic carbocycles. The summed E-state index contributed by atoms with van der Waals surface area (Å²) in [4.78, 5) is 8.30. The molecule has 0 spiro atoms. The maximum atomic E-state index is 12.1. The summed E-state index contributed by atoms with van der Waals surface area (Å²) in [7, 11) is 0. The summed E-state index contributed by atoms with van der Waals surface area (Å²) >= 11 is 0. The van der Waals surface area contributed by atoms with E-state index >= 15 is 0 Å². The van der Waals surface area contributed by atoms with Crippen LogP contribution in [-0.4, -0.2) is 29.2 Å². The number of nitrogens with zero attached hydrogens (tertiary/aromatic N) is 2. The van der Waals surface area contributed by atoms with E-state index in [0.717, 1.165) is 30.8 Å². The minimum absolute atomic E-state index is 0.0373. The molecule has 1 heterocycles. The van der Waals surface area contributed by atoms with Crippen LogP contribution in [0.4, 0.5) is 24.8 Å². The van der Waals surface area contributed by atoms with Gasteiger partial charge >= 0.3 is 6.18 Å². The van der Waals surface area contributed by atoms with Gasteiger partial charge in [0.05, 0.1) is 0 Å². The molecular formula is C13H21F3N4. The molecule has 0 saturated heterocycles. The number of nitrogens with one attached hydrogen (secondary N) is 2. The van der Waals surface area contributed by atoms with Gasteiger partial charge in [-0.25, -0.2) is 9.97 Å². The Morgan fingerprint density at radius 3 is 2.30 bits per heavy atom. The second kappa shape index (κ2) is 7.91. The van der Waals surface area contributed by atoms with Gasteiger partial charge in [-0.15, -0.1) is 0 Å². The molecule has 0 unspecified atom stereocenters. The fourth-order valence-electron chi connectivity index (χ4n) is 1.87. The summed E-state index contributed by atoms with van der Waals surface area (Å²) in [5, 5.41) is 6.12. The van der Waals surface area contributed by atoms with E-state index in [1.807, 2.05) is 13.8 Å². The first-order valence-corrected chi connectivity index (χ1v) is 6.86. The third kappa shape index (κ3) is 5.63. The van der Waals surface area contributed by atoms with Crippen molar-refractivity contribution in [3.63, 3.8) is 0 Å². The van der Waals surface area contributed by atoms with Crippen molar-refractivity contribution in [1.29, 1.82) is 0 Å². The fraction of sp³-hybridized carbons (Fsp3) is 0.692. The van der Waals surface area contributed by atoms with E-state index in [-0.39, 0.29) is 13.0 Å². The fourth-order valence-corrected chi connectivity index (χ4v) is 1.87. The van der Waals surface area contributed by atoms with Crippen molar-refractivity contribution in [2.75, 3.05) is 23.7 Å². The second-order valence-corrected chi connectivity index (χ2v) is 4.48. The highest BCUT2D eigenvalue weighted by atomic mass is 19.4. The Labute approximate surface area is 117 Å². The Morgan fingerprint density at radius 2 is 1.75 bits per heavy atom. The molecule has 0 saturated carbocycles. The first-order valence-electron chi connectivity index (χ1n) is 6.86. The van der Waals surface area contributed by atoms with Crippen molar-refractivity contribution in [3.05, 3.63) is 11.9 Å². The summed E-state index contributed by atoms with van der Waals surface area (Å²) in [5.41, 5.74) is 0.934. The number of aromatic nitrogens is 2. The highest BCUT2D eigenvalue weighted by molar-refractivity contribution is 5.57. The van der Waals surface area contributed by atoms with Crippen LogP contribution < -0.4 is 10.6 Å². The summed E-state index contributed by atoms with van der Waals surface area (Å²) in [6.07, 6.45) is -1.73. The highest BCUT2D eigenvalue weighted by Gasteiger charge is 2.25. The molecule has 114 valence electrons. The zero-order valence-electron chi connectivity index (χ0n) is 11.8. The van der Waals surface area contributed by atoms with Gasteiger partial charge in [-0.3, -0.25) is 0 Å². The van der Waals surface area contributed by atoms with Crippen molar-refractivity contribution in [2.24, 2.45) is 0 Å². The Balaban J connectivity index is 2.66. The van der Waals surface area contributed by atoms with Crippen molar-refractivity contribution < 1.29 is 13.2 Å². The van der Waals surface area contributed by atoms with Crippen LogP contribution >= 0.6 is 0 Å². The van der Waals surface area contributed by atoms with Gasteiger partial charge < -0.3 is 10.6 Å². The molecule has 0 bridgehead atoms. The smallest absolute Gasteiger partial charge is 0.370 e. The predicted molar refractivity (Wildman–Crippen MR) is 74.0 cm³/mol. The Kier molecular flexibility index (Phi) is 6.54. The summed E-state index contributed by atoms with van der Waals surface area (Å²) < 4.78 is 36.2. The molecule has 1 aromatic rings. The van der Waals surface area contributed by atoms with E-state index < -0.39 is 12.6 Å². The topological polar surface area (TPSA) is 49.8 Å². The maximum Gasteiger partial charge on any atom is 0.389 e. The Bertz CT molecular complexity index is 407. The zero-order valence-corrected chi connectivity index (χ0v) is 11.8. The lowest BCUT2D eigenvalue weighted by Crippen LogP contribution is -2.14. The minimum atomic E-state index is -4.10. The molecule has 0 fully saturated rings. The quantitative estimate of drug-likeness (QED) is 0.718. The monoisotopic (exact) mass is 290 g/mol. The average Bonchev–Trinajstić information content (AvgIpc) is 2.37. The van der Waals surface area contributed by atoms with Crippen LogP contribution in [0.2, 0.25) is 0 Å². The van der Waals surface area contributed by atoms with Crippen LogP contribution in [0.1, 0.15) is 38.7 Å². The van der Waals surface area contributed by atoms with Crippen LogP contribution in [0.3, 0.4) is 0 Å². The molecular weight excluding hydrogens is 269 g/mol. The normalized spacial score (nSPS) is 11.4. The van der Waals surface area contributed by atoms with E-state index in [1.165, 1.54) is 6.33 Å². The van der Waals surface area contributed by atoms with Crippen molar-refractivity contribution >= 4 is 11.6 Å². The molecule has 2 N–H and O–H groups in total. The first kappa shape index (κ1) is 16.5. The van der Waals surface area contributed by atoms with Gasteiger partial charge in [-0.05, 0) is 19.8 Å². The lowest BCUT2D eigenvalue weighted by molar-refractivity contribution is -0.134. The number of hydrogen-bond donors (Lipinski definition) is 2. The number of anilines is 2. The lowest BCUT2D eigenvalue weighted by atomic mass is 10.1. The van der Waals surface area contributed by atoms with Gasteiger partial charge in [0.25, 0.3) is 0 Å². The SMILES string of the molecule is CCCc1c(NCC)ncnc1NCCCC(F)(F)F. The Hall–Kier alpha value is -1.53. The number of alkyl halides is 3. The van der Waals surface area contributed by atoms with Gasteiger partial charge in [-0.1, -0.05) is 13.3 Å². The van der Waals surface area contributed by atoms with Crippen molar-refractivity contribution in [2.45, 2.75) is 45.7 Å². The largest absolute Gasteiger partial charge is 0.389 e. The molecule has 7 heteroatoms. The van der Waals surface area contributed by atoms with Crippen LogP contribution in [0, 0.1) is 0 Å². The van der Waals surface area contributed by atoms with Gasteiger partial charge in [-0.2, -0.15) is 13.2 Å². The summed E-state index contributed by atoms with van der Waals surface area (Å²) in [6.45, 7) is 4.99. The standard InChI is InChI=1S/C13H21F3N4/c1-3-6-10-11(17-4-2)19-9-20-12(10)18-8-5-7-13(14,15)16/h9H,3-8H2,1-2H3,(H2,17,18,19,20). The second-order valence-electron chi connectivity index (χ2n) is 4.48. The van der Waals surface area contributed by atoms with Gasteiger partial charge in [0, 0.05) is 25.1 Å². The molecule has 20 heavy (non-hydrogen) atoms. The van der Waals surface area contributed by atoms with E-state index in [0.29, 0.717) is 5.82 Å². The number of rotatable bonds is 8. The van der Waals surface area contributed by atoms with E-state index in [9.17, 15) is 13.2 Å². The zero-order chi connectivity index (χ0) is 15.0. The van der Waals surface area contributed by atoms with Crippen molar-refractivity contribution in [1.82, 2.24) is 9.97 Å². The minimum Gasteiger partial charge on any atom is -0.370 e. The van der Waals surface area contributed by atoms with Crippen LogP contribution in [0.15, 0.2) is 6.33 Å². The van der Waals surface area contributed by atoms with E-state index in [1.54, 1.807) is 0 Å². The molecule has 1 rings (SSSR count). The summed E-state index contributed by atoms with van der Waals surface area (Å²) in [5.74, 6) is 1.38. The molecule has 0 aromatic carbocycles. The van der Waals surface area contributed by atoms with Gasteiger partial charge in [0.2, 0.25) is 0 Å². The lowest BCUT2D eigenvalue weighted by Gasteiger charge is -2.14. The third-order valence-electron chi connectivity index (χ3n) is 2.72. The molecule has 0 atom stereocenters. The molecule has 0 amide bonds. The predicted octanol–water partition coefficient (Wildman–Crippen LogP) is 3.62. The molecule has 0 aliphatic rings. The van der Waals surface area contributed by atoms with E-state index in [2.05, 4.69) is 20.6 Å². The van der Waals surface area contributed by atoms with Crippen molar-refractivity contribution in [3.8, 4) is 0 Å². The van der Waals surface area contributed by atoms with Gasteiger partial charge in [0.1, 0.15) is 18.0 Å². The molecule has 0 aliphatic heterocycles. The first-order chi connectivity index (χ1) is 9.48. The summed E-state index contributed by atoms with van der Waals surface area (Å²) in [6, 6.07) is 0. The number of halogens is 3. The maximum absolute atomic E-state index is 12.1. The van der Waals surface area contributed by atoms with E-state index in [4.69, 9.17) is 0 Å². The average molecular weight is 290 g/mol. The molecule has 4 nitrogen and oxygen atoms in total. The van der Waals surface area contributed by atoms with Gasteiger partial charge in [0.15, 0.2) is 0 Å². The van der Waals surface area contributed by atoms with Crippen LogP contribution in [0.5, 0.6) is 0 Å². The third-order valence-corrected chi connectivity index (χ3v) is 2.72. The van der Waals surface area contributed by atoms with Crippen LogP contribution in [0.25, 0.3) is 0 Å². The number of hydrogen-bond acceptors (Lipinski definition) is 4. The highest BCUT2D eigenvalue weighted by Crippen LogP contribution is 2.23. The molecule has 1 aromatic heterocycles.